The fraction of sp³-hybridized carbons (Fsp3) is 0.444. The molecule has 0 fully saturated rings. The van der Waals surface area contributed by atoms with E-state index in [0.717, 1.165) is 6.20 Å². The van der Waals surface area contributed by atoms with E-state index in [1.807, 2.05) is 0 Å². The SMILES string of the molecule is CC(Nc1nc(Cl)ncc1[N+](=O)[O-])C(=O)N(C)C. The van der Waals surface area contributed by atoms with Crippen LogP contribution in [0.25, 0.3) is 0 Å². The second-order valence-electron chi connectivity index (χ2n) is 3.73. The first-order valence-corrected chi connectivity index (χ1v) is 5.35. The molecule has 8 nitrogen and oxygen atoms in total. The Hall–Kier alpha value is -1.96. The number of anilines is 1. The molecule has 1 rings (SSSR count). The first kappa shape index (κ1) is 14.1. The van der Waals surface area contributed by atoms with Crippen LogP contribution in [0.2, 0.25) is 5.28 Å². The number of hydrogen-bond acceptors (Lipinski definition) is 6. The number of likely N-dealkylation sites (N-methyl/N-ethyl adjacent to an activating group) is 1. The van der Waals surface area contributed by atoms with E-state index in [1.54, 1.807) is 21.0 Å². The van der Waals surface area contributed by atoms with Gasteiger partial charge in [-0.2, -0.15) is 4.98 Å². The van der Waals surface area contributed by atoms with Crippen molar-refractivity contribution < 1.29 is 9.72 Å². The van der Waals surface area contributed by atoms with Crippen molar-refractivity contribution in [3.63, 3.8) is 0 Å². The predicted molar refractivity (Wildman–Crippen MR) is 65.5 cm³/mol. The van der Waals surface area contributed by atoms with Crippen molar-refractivity contribution >= 4 is 29.0 Å². The second-order valence-corrected chi connectivity index (χ2v) is 4.07. The standard InChI is InChI=1S/C9H12ClN5O3/c1-5(8(16)14(2)3)12-7-6(15(17)18)4-11-9(10)13-7/h4-5H,1-3H3,(H,11,12,13). The quantitative estimate of drug-likeness (QED) is 0.497. The van der Waals surface area contributed by atoms with Crippen LogP contribution in [0.5, 0.6) is 0 Å². The van der Waals surface area contributed by atoms with Gasteiger partial charge in [0.15, 0.2) is 0 Å². The molecule has 0 aromatic carbocycles. The Labute approximate surface area is 108 Å². The van der Waals surface area contributed by atoms with E-state index >= 15 is 0 Å². The van der Waals surface area contributed by atoms with Gasteiger partial charge in [-0.25, -0.2) is 4.98 Å². The van der Waals surface area contributed by atoms with Gasteiger partial charge in [-0.15, -0.1) is 0 Å². The number of carbonyl (C=O) groups excluding carboxylic acids is 1. The van der Waals surface area contributed by atoms with Gasteiger partial charge in [0.25, 0.3) is 0 Å². The summed E-state index contributed by atoms with van der Waals surface area (Å²) in [5.41, 5.74) is -0.335. The maximum atomic E-state index is 11.6. The van der Waals surface area contributed by atoms with Gasteiger partial charge in [-0.1, -0.05) is 0 Å². The van der Waals surface area contributed by atoms with Crippen molar-refractivity contribution in [3.05, 3.63) is 21.6 Å². The molecule has 18 heavy (non-hydrogen) atoms. The van der Waals surface area contributed by atoms with E-state index in [9.17, 15) is 14.9 Å². The molecule has 0 aliphatic carbocycles. The molecule has 9 heteroatoms. The van der Waals surface area contributed by atoms with Crippen LogP contribution in [0, 0.1) is 10.1 Å². The van der Waals surface area contributed by atoms with Gasteiger partial charge in [0.05, 0.1) is 4.92 Å². The minimum absolute atomic E-state index is 0.0808. The molecule has 98 valence electrons. The molecule has 1 heterocycles. The fourth-order valence-corrected chi connectivity index (χ4v) is 1.38. The molecule has 1 amide bonds. The Morgan fingerprint density at radius 3 is 2.72 bits per heavy atom. The van der Waals surface area contributed by atoms with Gasteiger partial charge in [0, 0.05) is 14.1 Å². The first-order valence-electron chi connectivity index (χ1n) is 4.97. The second kappa shape index (κ2) is 5.58. The minimum Gasteiger partial charge on any atom is -0.353 e. The number of amides is 1. The lowest BCUT2D eigenvalue weighted by atomic mass is 10.3. The van der Waals surface area contributed by atoms with Gasteiger partial charge in [-0.3, -0.25) is 14.9 Å². The summed E-state index contributed by atoms with van der Waals surface area (Å²) in [7, 11) is 3.17. The van der Waals surface area contributed by atoms with Crippen molar-refractivity contribution in [2.75, 3.05) is 19.4 Å². The van der Waals surface area contributed by atoms with Crippen LogP contribution in [0.15, 0.2) is 6.20 Å². The zero-order valence-electron chi connectivity index (χ0n) is 10.0. The summed E-state index contributed by atoms with van der Waals surface area (Å²) < 4.78 is 0. The van der Waals surface area contributed by atoms with E-state index in [1.165, 1.54) is 4.90 Å². The molecule has 0 spiro atoms. The Balaban J connectivity index is 2.99. The number of aromatic nitrogens is 2. The van der Waals surface area contributed by atoms with Gasteiger partial charge >= 0.3 is 5.69 Å². The van der Waals surface area contributed by atoms with Crippen molar-refractivity contribution in [3.8, 4) is 0 Å². The van der Waals surface area contributed by atoms with E-state index in [-0.39, 0.29) is 22.7 Å². The maximum absolute atomic E-state index is 11.6. The van der Waals surface area contributed by atoms with Crippen molar-refractivity contribution in [1.82, 2.24) is 14.9 Å². The van der Waals surface area contributed by atoms with Crippen LogP contribution in [0.4, 0.5) is 11.5 Å². The predicted octanol–water partition coefficient (Wildman–Crippen LogP) is 0.927. The highest BCUT2D eigenvalue weighted by Gasteiger charge is 2.22. The molecule has 0 radical (unpaired) electrons. The molecule has 0 aliphatic rings. The average molecular weight is 274 g/mol. The summed E-state index contributed by atoms with van der Waals surface area (Å²) in [6.45, 7) is 1.57. The number of halogens is 1. The number of carbonyl (C=O) groups is 1. The zero-order valence-corrected chi connectivity index (χ0v) is 10.8. The van der Waals surface area contributed by atoms with Crippen LogP contribution >= 0.6 is 11.6 Å². The Bertz CT molecular complexity index is 479. The molecule has 1 N–H and O–H groups in total. The monoisotopic (exact) mass is 273 g/mol. The van der Waals surface area contributed by atoms with Gasteiger partial charge < -0.3 is 10.2 Å². The molecule has 0 saturated carbocycles. The lowest BCUT2D eigenvalue weighted by molar-refractivity contribution is -0.384. The van der Waals surface area contributed by atoms with Crippen LogP contribution < -0.4 is 5.32 Å². The normalized spacial score (nSPS) is 11.8. The van der Waals surface area contributed by atoms with Gasteiger partial charge in [0.1, 0.15) is 12.2 Å². The number of rotatable bonds is 4. The molecular formula is C9H12ClN5O3. The van der Waals surface area contributed by atoms with E-state index in [2.05, 4.69) is 15.3 Å². The molecule has 0 bridgehead atoms. The molecular weight excluding hydrogens is 262 g/mol. The van der Waals surface area contributed by atoms with E-state index < -0.39 is 11.0 Å². The van der Waals surface area contributed by atoms with Gasteiger partial charge in [0.2, 0.25) is 17.0 Å². The highest BCUT2D eigenvalue weighted by Crippen LogP contribution is 2.22. The Morgan fingerprint density at radius 1 is 1.61 bits per heavy atom. The fourth-order valence-electron chi connectivity index (χ4n) is 1.25. The third-order valence-corrected chi connectivity index (χ3v) is 2.28. The summed E-state index contributed by atoms with van der Waals surface area (Å²) in [5, 5.41) is 13.3. The Morgan fingerprint density at radius 2 is 2.22 bits per heavy atom. The number of nitro groups is 1. The molecule has 0 saturated heterocycles. The molecule has 1 unspecified atom stereocenters. The third kappa shape index (κ3) is 3.27. The zero-order chi connectivity index (χ0) is 13.9. The van der Waals surface area contributed by atoms with E-state index in [4.69, 9.17) is 11.6 Å². The lowest BCUT2D eigenvalue weighted by Crippen LogP contribution is -2.37. The summed E-state index contributed by atoms with van der Waals surface area (Å²) in [6, 6.07) is -0.662. The maximum Gasteiger partial charge on any atom is 0.329 e. The Kier molecular flexibility index (Phi) is 4.38. The van der Waals surface area contributed by atoms with Crippen LogP contribution in [0.3, 0.4) is 0 Å². The van der Waals surface area contributed by atoms with Crippen LogP contribution in [-0.4, -0.2) is 45.8 Å². The summed E-state index contributed by atoms with van der Waals surface area (Å²) >= 11 is 5.57. The molecule has 1 aromatic rings. The van der Waals surface area contributed by atoms with Crippen molar-refractivity contribution in [1.29, 1.82) is 0 Å². The van der Waals surface area contributed by atoms with Crippen molar-refractivity contribution in [2.24, 2.45) is 0 Å². The lowest BCUT2D eigenvalue weighted by Gasteiger charge is -2.18. The van der Waals surface area contributed by atoms with Gasteiger partial charge in [-0.05, 0) is 18.5 Å². The highest BCUT2D eigenvalue weighted by molar-refractivity contribution is 6.28. The van der Waals surface area contributed by atoms with E-state index in [0.29, 0.717) is 0 Å². The van der Waals surface area contributed by atoms with Crippen molar-refractivity contribution in [2.45, 2.75) is 13.0 Å². The molecule has 1 atom stereocenters. The highest BCUT2D eigenvalue weighted by atomic mass is 35.5. The molecule has 0 aliphatic heterocycles. The third-order valence-electron chi connectivity index (χ3n) is 2.10. The number of nitrogens with zero attached hydrogens (tertiary/aromatic N) is 4. The largest absolute Gasteiger partial charge is 0.353 e. The summed E-state index contributed by atoms with van der Waals surface area (Å²) in [4.78, 5) is 30.3. The topological polar surface area (TPSA) is 101 Å². The number of nitrogens with one attached hydrogen (secondary N) is 1. The number of hydrogen-bond donors (Lipinski definition) is 1. The molecule has 1 aromatic heterocycles. The summed E-state index contributed by atoms with van der Waals surface area (Å²) in [6.07, 6.45) is 0.991. The smallest absolute Gasteiger partial charge is 0.329 e. The average Bonchev–Trinajstić information content (AvgIpc) is 2.27. The van der Waals surface area contributed by atoms with Crippen LogP contribution in [-0.2, 0) is 4.79 Å². The minimum atomic E-state index is -0.662. The first-order chi connectivity index (χ1) is 8.32. The van der Waals surface area contributed by atoms with Crippen LogP contribution in [0.1, 0.15) is 6.92 Å². The summed E-state index contributed by atoms with van der Waals surface area (Å²) in [5.74, 6) is -0.318.